The molecule has 0 N–H and O–H groups in total. The molecule has 0 unspecified atom stereocenters. The minimum Gasteiger partial charge on any atom is -0.0622 e. The molecule has 3 aromatic rings. The van der Waals surface area contributed by atoms with Crippen molar-refractivity contribution in [1.82, 2.24) is 0 Å². The van der Waals surface area contributed by atoms with Gasteiger partial charge in [-0.25, -0.2) is 0 Å². The number of rotatable bonds is 3. The molecule has 0 aliphatic carbocycles. The molecule has 0 nitrogen and oxygen atoms in total. The van der Waals surface area contributed by atoms with Gasteiger partial charge < -0.3 is 0 Å². The fraction of sp³-hybridized carbons (Fsp3) is 0. The first-order chi connectivity index (χ1) is 10.7. The van der Waals surface area contributed by atoms with E-state index >= 15 is 0 Å². The van der Waals surface area contributed by atoms with Gasteiger partial charge in [0, 0.05) is 8.95 Å². The summed E-state index contributed by atoms with van der Waals surface area (Å²) in [5, 5.41) is 0. The van der Waals surface area contributed by atoms with E-state index in [2.05, 4.69) is 111 Å². The van der Waals surface area contributed by atoms with Crippen LogP contribution >= 0.6 is 31.9 Å². The van der Waals surface area contributed by atoms with Crippen molar-refractivity contribution in [3.8, 4) is 0 Å². The molecule has 0 aromatic heterocycles. The Kier molecular flexibility index (Phi) is 4.91. The summed E-state index contributed by atoms with van der Waals surface area (Å²) in [6.07, 6.45) is 2.23. The molecular formula is C20H14Br2. The SMILES string of the molecule is Brc1ccc(C(=Cc2ccccc2)c2ccc(Br)cc2)cc1. The van der Waals surface area contributed by atoms with Crippen molar-refractivity contribution in [3.05, 3.63) is 104 Å². The van der Waals surface area contributed by atoms with Gasteiger partial charge in [0.1, 0.15) is 0 Å². The van der Waals surface area contributed by atoms with Crippen LogP contribution in [0.2, 0.25) is 0 Å². The summed E-state index contributed by atoms with van der Waals surface area (Å²) in [4.78, 5) is 0. The van der Waals surface area contributed by atoms with Gasteiger partial charge >= 0.3 is 0 Å². The monoisotopic (exact) mass is 412 g/mol. The van der Waals surface area contributed by atoms with Crippen molar-refractivity contribution in [2.75, 3.05) is 0 Å². The Morgan fingerprint density at radius 1 is 0.591 bits per heavy atom. The molecule has 0 atom stereocenters. The summed E-state index contributed by atoms with van der Waals surface area (Å²) in [6.45, 7) is 0. The molecule has 0 aliphatic heterocycles. The average Bonchev–Trinajstić information content (AvgIpc) is 2.56. The average molecular weight is 414 g/mol. The smallest absolute Gasteiger partial charge is 0.0175 e. The van der Waals surface area contributed by atoms with E-state index in [9.17, 15) is 0 Å². The summed E-state index contributed by atoms with van der Waals surface area (Å²) in [5.41, 5.74) is 4.82. The second-order valence-corrected chi connectivity index (χ2v) is 6.81. The summed E-state index contributed by atoms with van der Waals surface area (Å²) < 4.78 is 2.18. The van der Waals surface area contributed by atoms with Crippen LogP contribution in [-0.2, 0) is 0 Å². The van der Waals surface area contributed by atoms with E-state index in [-0.39, 0.29) is 0 Å². The molecular weight excluding hydrogens is 400 g/mol. The van der Waals surface area contributed by atoms with Crippen LogP contribution < -0.4 is 0 Å². The normalized spacial score (nSPS) is 10.3. The van der Waals surface area contributed by atoms with E-state index in [4.69, 9.17) is 0 Å². The van der Waals surface area contributed by atoms with Crippen LogP contribution in [0.1, 0.15) is 16.7 Å². The fourth-order valence-electron chi connectivity index (χ4n) is 2.31. The van der Waals surface area contributed by atoms with E-state index in [1.807, 2.05) is 6.07 Å². The van der Waals surface area contributed by atoms with Crippen LogP contribution in [-0.4, -0.2) is 0 Å². The molecule has 0 fully saturated rings. The maximum atomic E-state index is 3.50. The lowest BCUT2D eigenvalue weighted by atomic mass is 9.96. The highest BCUT2D eigenvalue weighted by molar-refractivity contribution is 9.10. The highest BCUT2D eigenvalue weighted by Crippen LogP contribution is 2.28. The molecule has 0 amide bonds. The Bertz CT molecular complexity index is 723. The highest BCUT2D eigenvalue weighted by atomic mass is 79.9. The molecule has 0 saturated carbocycles. The van der Waals surface area contributed by atoms with E-state index in [1.165, 1.54) is 22.3 Å². The molecule has 22 heavy (non-hydrogen) atoms. The fourth-order valence-corrected chi connectivity index (χ4v) is 2.84. The van der Waals surface area contributed by atoms with Crippen molar-refractivity contribution in [1.29, 1.82) is 0 Å². The van der Waals surface area contributed by atoms with Crippen LogP contribution in [0.4, 0.5) is 0 Å². The molecule has 0 saturated heterocycles. The van der Waals surface area contributed by atoms with Crippen LogP contribution in [0.25, 0.3) is 11.6 Å². The molecule has 3 aromatic carbocycles. The van der Waals surface area contributed by atoms with E-state index in [0.29, 0.717) is 0 Å². The second kappa shape index (κ2) is 7.08. The Labute approximate surface area is 147 Å². The zero-order chi connectivity index (χ0) is 15.4. The lowest BCUT2D eigenvalue weighted by Gasteiger charge is -2.10. The van der Waals surface area contributed by atoms with Gasteiger partial charge in [-0.1, -0.05) is 86.5 Å². The van der Waals surface area contributed by atoms with Gasteiger partial charge in [0.2, 0.25) is 0 Å². The predicted molar refractivity (Wildman–Crippen MR) is 102 cm³/mol. The van der Waals surface area contributed by atoms with Crippen molar-refractivity contribution in [2.45, 2.75) is 0 Å². The third-order valence-corrected chi connectivity index (χ3v) is 4.48. The second-order valence-electron chi connectivity index (χ2n) is 4.98. The van der Waals surface area contributed by atoms with E-state index < -0.39 is 0 Å². The van der Waals surface area contributed by atoms with Gasteiger partial charge in [-0.05, 0) is 52.6 Å². The lowest BCUT2D eigenvalue weighted by molar-refractivity contribution is 1.52. The van der Waals surface area contributed by atoms with Crippen LogP contribution in [0.15, 0.2) is 87.8 Å². The molecule has 2 heteroatoms. The van der Waals surface area contributed by atoms with Gasteiger partial charge in [-0.2, -0.15) is 0 Å². The van der Waals surface area contributed by atoms with Gasteiger partial charge in [-0.3, -0.25) is 0 Å². The first kappa shape index (κ1) is 15.3. The van der Waals surface area contributed by atoms with Crippen LogP contribution in [0.5, 0.6) is 0 Å². The summed E-state index contributed by atoms with van der Waals surface area (Å²) in [7, 11) is 0. The third kappa shape index (κ3) is 3.76. The topological polar surface area (TPSA) is 0 Å². The van der Waals surface area contributed by atoms with Gasteiger partial charge in [-0.15, -0.1) is 0 Å². The number of halogens is 2. The predicted octanol–water partition coefficient (Wildman–Crippen LogP) is 6.80. The standard InChI is InChI=1S/C20H14Br2/c21-18-10-6-16(7-11-18)20(14-15-4-2-1-3-5-15)17-8-12-19(22)13-9-17/h1-14H. The minimum absolute atomic E-state index is 1.09. The highest BCUT2D eigenvalue weighted by Gasteiger charge is 2.05. The van der Waals surface area contributed by atoms with Crippen molar-refractivity contribution < 1.29 is 0 Å². The maximum Gasteiger partial charge on any atom is 0.0175 e. The molecule has 0 radical (unpaired) electrons. The Morgan fingerprint density at radius 3 is 1.50 bits per heavy atom. The third-order valence-electron chi connectivity index (χ3n) is 3.42. The van der Waals surface area contributed by atoms with Crippen molar-refractivity contribution in [2.24, 2.45) is 0 Å². The van der Waals surface area contributed by atoms with Crippen molar-refractivity contribution >= 4 is 43.5 Å². The van der Waals surface area contributed by atoms with Gasteiger partial charge in [0.05, 0.1) is 0 Å². The van der Waals surface area contributed by atoms with Crippen LogP contribution in [0.3, 0.4) is 0 Å². The van der Waals surface area contributed by atoms with Crippen molar-refractivity contribution in [3.63, 3.8) is 0 Å². The molecule has 0 spiro atoms. The molecule has 3 rings (SSSR count). The summed E-state index contributed by atoms with van der Waals surface area (Å²) >= 11 is 7.00. The number of benzene rings is 3. The van der Waals surface area contributed by atoms with Crippen LogP contribution in [0, 0.1) is 0 Å². The summed E-state index contributed by atoms with van der Waals surface area (Å²) in [5.74, 6) is 0. The quantitative estimate of drug-likeness (QED) is 0.414. The van der Waals surface area contributed by atoms with Gasteiger partial charge in [0.25, 0.3) is 0 Å². The Balaban J connectivity index is 2.11. The molecule has 108 valence electrons. The van der Waals surface area contributed by atoms with Gasteiger partial charge in [0.15, 0.2) is 0 Å². The van der Waals surface area contributed by atoms with E-state index in [1.54, 1.807) is 0 Å². The van der Waals surface area contributed by atoms with E-state index in [0.717, 1.165) is 8.95 Å². The maximum absolute atomic E-state index is 3.50. The number of hydrogen-bond donors (Lipinski definition) is 0. The lowest BCUT2D eigenvalue weighted by Crippen LogP contribution is -1.88. The molecule has 0 aliphatic rings. The zero-order valence-electron chi connectivity index (χ0n) is 11.8. The minimum atomic E-state index is 1.09. The zero-order valence-corrected chi connectivity index (χ0v) is 15.0. The first-order valence-corrected chi connectivity index (χ1v) is 8.59. The largest absolute Gasteiger partial charge is 0.0622 e. The summed E-state index contributed by atoms with van der Waals surface area (Å²) in [6, 6.07) is 27.3. The Hall–Kier alpha value is -1.64. The number of hydrogen-bond acceptors (Lipinski definition) is 0. The Morgan fingerprint density at radius 2 is 1.05 bits per heavy atom. The molecule has 0 bridgehead atoms. The molecule has 0 heterocycles. The first-order valence-electron chi connectivity index (χ1n) is 7.01.